The van der Waals surface area contributed by atoms with Gasteiger partial charge in [0.1, 0.15) is 5.76 Å². The second kappa shape index (κ2) is 5.18. The Balaban J connectivity index is 2.00. The molecule has 0 aliphatic carbocycles. The molecular formula is C13H15N3OS. The van der Waals surface area contributed by atoms with Gasteiger partial charge in [-0.3, -0.25) is 0 Å². The van der Waals surface area contributed by atoms with Crippen LogP contribution < -0.4 is 10.6 Å². The van der Waals surface area contributed by atoms with E-state index >= 15 is 0 Å². The molecule has 94 valence electrons. The smallest absolute Gasteiger partial charge is 0.176 e. The van der Waals surface area contributed by atoms with Crippen molar-refractivity contribution >= 4 is 28.8 Å². The fraction of sp³-hybridized carbons (Fsp3) is 0.231. The summed E-state index contributed by atoms with van der Waals surface area (Å²) in [7, 11) is 0. The van der Waals surface area contributed by atoms with Gasteiger partial charge in [-0.15, -0.1) is 0 Å². The number of thiocarbonyl (C=S) groups is 1. The number of hydrogen-bond acceptors (Lipinski definition) is 3. The van der Waals surface area contributed by atoms with Crippen LogP contribution in [0.15, 0.2) is 28.8 Å². The fourth-order valence-corrected chi connectivity index (χ4v) is 1.75. The number of benzene rings is 1. The maximum absolute atomic E-state index is 5.20. The Morgan fingerprint density at radius 3 is 2.50 bits per heavy atom. The molecule has 2 N–H and O–H groups in total. The SMILES string of the molecule is Cc1cc(NC(=S)Nc2ccc(C)c(C)c2)no1. The van der Waals surface area contributed by atoms with Crippen LogP contribution in [0.3, 0.4) is 0 Å². The predicted molar refractivity (Wildman–Crippen MR) is 77.0 cm³/mol. The van der Waals surface area contributed by atoms with E-state index in [9.17, 15) is 0 Å². The molecule has 4 nitrogen and oxygen atoms in total. The van der Waals surface area contributed by atoms with Crippen LogP contribution >= 0.6 is 12.2 Å². The number of nitrogens with one attached hydrogen (secondary N) is 2. The molecule has 0 amide bonds. The van der Waals surface area contributed by atoms with Gasteiger partial charge in [-0.2, -0.15) is 0 Å². The Labute approximate surface area is 111 Å². The molecular weight excluding hydrogens is 246 g/mol. The second-order valence-corrected chi connectivity index (χ2v) is 4.61. The van der Waals surface area contributed by atoms with Gasteiger partial charge in [0, 0.05) is 11.8 Å². The Morgan fingerprint density at radius 2 is 1.89 bits per heavy atom. The third kappa shape index (κ3) is 3.07. The first-order valence-electron chi connectivity index (χ1n) is 5.63. The zero-order chi connectivity index (χ0) is 13.1. The molecule has 0 unspecified atom stereocenters. The van der Waals surface area contributed by atoms with Crippen molar-refractivity contribution < 1.29 is 4.52 Å². The van der Waals surface area contributed by atoms with Crippen molar-refractivity contribution in [2.75, 3.05) is 10.6 Å². The van der Waals surface area contributed by atoms with Crippen LogP contribution in [0.5, 0.6) is 0 Å². The lowest BCUT2D eigenvalue weighted by Gasteiger charge is -2.09. The first-order valence-corrected chi connectivity index (χ1v) is 6.04. The van der Waals surface area contributed by atoms with Crippen LogP contribution in [0.4, 0.5) is 11.5 Å². The lowest BCUT2D eigenvalue weighted by Crippen LogP contribution is -2.19. The fourth-order valence-electron chi connectivity index (χ4n) is 1.52. The van der Waals surface area contributed by atoms with Crippen LogP contribution in [0, 0.1) is 20.8 Å². The van der Waals surface area contributed by atoms with E-state index in [1.807, 2.05) is 13.0 Å². The van der Waals surface area contributed by atoms with Crippen LogP contribution in [0.1, 0.15) is 16.9 Å². The maximum Gasteiger partial charge on any atom is 0.176 e. The number of aromatic nitrogens is 1. The summed E-state index contributed by atoms with van der Waals surface area (Å²) in [5.74, 6) is 1.35. The summed E-state index contributed by atoms with van der Waals surface area (Å²) in [6.07, 6.45) is 0. The average molecular weight is 261 g/mol. The largest absolute Gasteiger partial charge is 0.360 e. The zero-order valence-electron chi connectivity index (χ0n) is 10.6. The van der Waals surface area contributed by atoms with Gasteiger partial charge < -0.3 is 15.2 Å². The Morgan fingerprint density at radius 1 is 1.11 bits per heavy atom. The molecule has 0 bridgehead atoms. The van der Waals surface area contributed by atoms with Crippen molar-refractivity contribution in [2.45, 2.75) is 20.8 Å². The molecule has 2 rings (SSSR count). The number of hydrogen-bond donors (Lipinski definition) is 2. The maximum atomic E-state index is 5.20. The summed E-state index contributed by atoms with van der Waals surface area (Å²) in [4.78, 5) is 0. The van der Waals surface area contributed by atoms with Crippen LogP contribution in [0.25, 0.3) is 0 Å². The molecule has 1 heterocycles. The summed E-state index contributed by atoms with van der Waals surface area (Å²) >= 11 is 5.20. The summed E-state index contributed by atoms with van der Waals surface area (Å²) in [5, 5.41) is 10.4. The Kier molecular flexibility index (Phi) is 3.62. The number of aryl methyl sites for hydroxylation is 3. The standard InChI is InChI=1S/C13H15N3OS/c1-8-4-5-11(6-9(8)2)14-13(18)15-12-7-10(3)17-16-12/h4-7H,1-3H3,(H2,14,15,16,18). The monoisotopic (exact) mass is 261 g/mol. The van der Waals surface area contributed by atoms with Gasteiger partial charge in [0.25, 0.3) is 0 Å². The Bertz CT molecular complexity index is 577. The number of nitrogens with zero attached hydrogens (tertiary/aromatic N) is 1. The third-order valence-corrected chi connectivity index (χ3v) is 2.84. The highest BCUT2D eigenvalue weighted by Gasteiger charge is 2.03. The van der Waals surface area contributed by atoms with Crippen LogP contribution in [0.2, 0.25) is 0 Å². The van der Waals surface area contributed by atoms with Crippen molar-refractivity contribution in [1.82, 2.24) is 5.16 Å². The molecule has 0 spiro atoms. The normalized spacial score (nSPS) is 10.2. The van der Waals surface area contributed by atoms with Crippen LogP contribution in [-0.2, 0) is 0 Å². The summed E-state index contributed by atoms with van der Waals surface area (Å²) < 4.78 is 4.95. The summed E-state index contributed by atoms with van der Waals surface area (Å²) in [5.41, 5.74) is 3.43. The highest BCUT2D eigenvalue weighted by Crippen LogP contribution is 2.15. The second-order valence-electron chi connectivity index (χ2n) is 4.20. The molecule has 5 heteroatoms. The minimum atomic E-state index is 0.492. The predicted octanol–water partition coefficient (Wildman–Crippen LogP) is 3.41. The molecule has 1 aromatic heterocycles. The van der Waals surface area contributed by atoms with Gasteiger partial charge >= 0.3 is 0 Å². The molecule has 0 radical (unpaired) electrons. The van der Waals surface area contributed by atoms with Crippen molar-refractivity contribution in [3.05, 3.63) is 41.2 Å². The Hall–Kier alpha value is -1.88. The van der Waals surface area contributed by atoms with Crippen molar-refractivity contribution in [1.29, 1.82) is 0 Å². The van der Waals surface area contributed by atoms with E-state index in [0.29, 0.717) is 10.9 Å². The first-order chi connectivity index (χ1) is 8.54. The van der Waals surface area contributed by atoms with Gasteiger partial charge in [0.05, 0.1) is 0 Å². The minimum absolute atomic E-state index is 0.492. The number of anilines is 2. The van der Waals surface area contributed by atoms with Gasteiger partial charge in [0.15, 0.2) is 10.9 Å². The minimum Gasteiger partial charge on any atom is -0.360 e. The lowest BCUT2D eigenvalue weighted by molar-refractivity contribution is 0.400. The van der Waals surface area contributed by atoms with Crippen LogP contribution in [-0.4, -0.2) is 10.3 Å². The van der Waals surface area contributed by atoms with Gasteiger partial charge in [-0.1, -0.05) is 11.2 Å². The van der Waals surface area contributed by atoms with E-state index in [0.717, 1.165) is 11.4 Å². The highest BCUT2D eigenvalue weighted by atomic mass is 32.1. The van der Waals surface area contributed by atoms with Crippen molar-refractivity contribution in [3.8, 4) is 0 Å². The summed E-state index contributed by atoms with van der Waals surface area (Å²) in [6.45, 7) is 5.98. The molecule has 0 saturated heterocycles. The van der Waals surface area contributed by atoms with E-state index < -0.39 is 0 Å². The topological polar surface area (TPSA) is 50.1 Å². The molecule has 0 atom stereocenters. The molecule has 1 aromatic carbocycles. The molecule has 18 heavy (non-hydrogen) atoms. The van der Waals surface area contributed by atoms with E-state index in [4.69, 9.17) is 16.7 Å². The van der Waals surface area contributed by atoms with Gasteiger partial charge in [-0.05, 0) is 56.2 Å². The van der Waals surface area contributed by atoms with Crippen molar-refractivity contribution in [3.63, 3.8) is 0 Å². The summed E-state index contributed by atoms with van der Waals surface area (Å²) in [6, 6.07) is 7.89. The van der Waals surface area contributed by atoms with Gasteiger partial charge in [-0.25, -0.2) is 0 Å². The van der Waals surface area contributed by atoms with E-state index in [1.165, 1.54) is 11.1 Å². The van der Waals surface area contributed by atoms with Gasteiger partial charge in [0.2, 0.25) is 0 Å². The van der Waals surface area contributed by atoms with E-state index in [2.05, 4.69) is 41.8 Å². The molecule has 2 aromatic rings. The number of rotatable bonds is 2. The first kappa shape index (κ1) is 12.6. The quantitative estimate of drug-likeness (QED) is 0.811. The lowest BCUT2D eigenvalue weighted by atomic mass is 10.1. The van der Waals surface area contributed by atoms with Crippen molar-refractivity contribution in [2.24, 2.45) is 0 Å². The highest BCUT2D eigenvalue weighted by molar-refractivity contribution is 7.80. The van der Waals surface area contributed by atoms with E-state index in [1.54, 1.807) is 6.07 Å². The van der Waals surface area contributed by atoms with E-state index in [-0.39, 0.29) is 0 Å². The average Bonchev–Trinajstić information content (AvgIpc) is 2.69. The molecule has 0 aliphatic rings. The molecule has 0 aliphatic heterocycles. The molecule has 0 saturated carbocycles. The molecule has 0 fully saturated rings. The zero-order valence-corrected chi connectivity index (χ0v) is 11.4. The third-order valence-electron chi connectivity index (χ3n) is 2.63.